The highest BCUT2D eigenvalue weighted by Gasteiger charge is 2.25. The van der Waals surface area contributed by atoms with Crippen molar-refractivity contribution in [1.29, 1.82) is 0 Å². The molecule has 34 heavy (non-hydrogen) atoms. The van der Waals surface area contributed by atoms with E-state index in [2.05, 4.69) is 15.5 Å². The molecule has 174 valence electrons. The lowest BCUT2D eigenvalue weighted by atomic mass is 10.1. The highest BCUT2D eigenvalue weighted by atomic mass is 35.5. The van der Waals surface area contributed by atoms with Gasteiger partial charge in [0, 0.05) is 17.8 Å². The SMILES string of the molecule is Cc1ccc(C)c(NC(=O)[C@@H](Sc2nnc(COc3ccc(Cl)cc3)n2C)c2ccccc2)c1. The maximum atomic E-state index is 13.4. The first-order chi connectivity index (χ1) is 16.4. The van der Waals surface area contributed by atoms with Crippen LogP contribution in [0.25, 0.3) is 0 Å². The highest BCUT2D eigenvalue weighted by Crippen LogP contribution is 2.35. The molecule has 8 heteroatoms. The fourth-order valence-corrected chi connectivity index (χ4v) is 4.47. The van der Waals surface area contributed by atoms with Crippen LogP contribution in [-0.2, 0) is 18.4 Å². The maximum Gasteiger partial charge on any atom is 0.242 e. The number of carbonyl (C=O) groups is 1. The molecule has 4 rings (SSSR count). The zero-order chi connectivity index (χ0) is 24.1. The molecule has 6 nitrogen and oxygen atoms in total. The van der Waals surface area contributed by atoms with Crippen molar-refractivity contribution < 1.29 is 9.53 Å². The van der Waals surface area contributed by atoms with Crippen LogP contribution in [0.2, 0.25) is 5.02 Å². The monoisotopic (exact) mass is 492 g/mol. The molecule has 0 saturated carbocycles. The summed E-state index contributed by atoms with van der Waals surface area (Å²) in [6, 6.07) is 22.8. The van der Waals surface area contributed by atoms with Crippen LogP contribution in [0.4, 0.5) is 5.69 Å². The molecular formula is C26H25ClN4O2S. The van der Waals surface area contributed by atoms with E-state index < -0.39 is 5.25 Å². The minimum Gasteiger partial charge on any atom is -0.486 e. The number of aryl methyl sites for hydroxylation is 2. The van der Waals surface area contributed by atoms with Crippen molar-refractivity contribution >= 4 is 35.0 Å². The number of halogens is 1. The molecule has 0 unspecified atom stereocenters. The number of thioether (sulfide) groups is 1. The van der Waals surface area contributed by atoms with Gasteiger partial charge in [-0.15, -0.1) is 10.2 Å². The van der Waals surface area contributed by atoms with E-state index in [9.17, 15) is 4.79 Å². The van der Waals surface area contributed by atoms with Gasteiger partial charge in [-0.05, 0) is 60.9 Å². The van der Waals surface area contributed by atoms with Crippen molar-refractivity contribution in [2.24, 2.45) is 7.05 Å². The summed E-state index contributed by atoms with van der Waals surface area (Å²) < 4.78 is 7.66. The third kappa shape index (κ3) is 5.79. The lowest BCUT2D eigenvalue weighted by Crippen LogP contribution is -2.20. The van der Waals surface area contributed by atoms with Crippen molar-refractivity contribution in [1.82, 2.24) is 14.8 Å². The van der Waals surface area contributed by atoms with Crippen molar-refractivity contribution in [2.75, 3.05) is 5.32 Å². The van der Waals surface area contributed by atoms with E-state index in [1.165, 1.54) is 11.8 Å². The molecule has 3 aromatic carbocycles. The van der Waals surface area contributed by atoms with E-state index in [0.717, 1.165) is 22.4 Å². The van der Waals surface area contributed by atoms with Crippen molar-refractivity contribution in [3.05, 3.63) is 100 Å². The Morgan fingerprint density at radius 2 is 1.79 bits per heavy atom. The summed E-state index contributed by atoms with van der Waals surface area (Å²) in [5.74, 6) is 1.22. The third-order valence-corrected chi connectivity index (χ3v) is 6.86. The molecule has 1 aromatic heterocycles. The molecule has 0 spiro atoms. The molecule has 0 fully saturated rings. The van der Waals surface area contributed by atoms with Crippen LogP contribution < -0.4 is 10.1 Å². The minimum atomic E-state index is -0.506. The summed E-state index contributed by atoms with van der Waals surface area (Å²) >= 11 is 7.29. The van der Waals surface area contributed by atoms with Gasteiger partial charge in [-0.25, -0.2) is 0 Å². The first-order valence-electron chi connectivity index (χ1n) is 10.8. The largest absolute Gasteiger partial charge is 0.486 e. The number of benzene rings is 3. The second-order valence-electron chi connectivity index (χ2n) is 7.92. The van der Waals surface area contributed by atoms with Crippen LogP contribution in [0.3, 0.4) is 0 Å². The van der Waals surface area contributed by atoms with Crippen LogP contribution in [-0.4, -0.2) is 20.7 Å². The Balaban J connectivity index is 1.53. The van der Waals surface area contributed by atoms with Gasteiger partial charge in [0.2, 0.25) is 5.91 Å². The van der Waals surface area contributed by atoms with E-state index in [1.54, 1.807) is 24.3 Å². The van der Waals surface area contributed by atoms with Gasteiger partial charge < -0.3 is 14.6 Å². The van der Waals surface area contributed by atoms with E-state index >= 15 is 0 Å². The normalized spacial score (nSPS) is 11.8. The average Bonchev–Trinajstić information content (AvgIpc) is 3.19. The molecule has 0 saturated heterocycles. The number of aromatic nitrogens is 3. The molecule has 0 radical (unpaired) electrons. The van der Waals surface area contributed by atoms with Gasteiger partial charge in [-0.1, -0.05) is 65.8 Å². The number of nitrogens with one attached hydrogen (secondary N) is 1. The predicted octanol–water partition coefficient (Wildman–Crippen LogP) is 6.14. The fraction of sp³-hybridized carbons (Fsp3) is 0.192. The van der Waals surface area contributed by atoms with E-state index in [0.29, 0.717) is 21.8 Å². The number of anilines is 1. The van der Waals surface area contributed by atoms with Gasteiger partial charge in [0.1, 0.15) is 17.6 Å². The average molecular weight is 493 g/mol. The number of nitrogens with zero attached hydrogens (tertiary/aromatic N) is 3. The highest BCUT2D eigenvalue weighted by molar-refractivity contribution is 8.00. The molecule has 0 aliphatic heterocycles. The van der Waals surface area contributed by atoms with Gasteiger partial charge in [-0.3, -0.25) is 4.79 Å². The molecule has 0 bridgehead atoms. The Morgan fingerprint density at radius 1 is 1.06 bits per heavy atom. The van der Waals surface area contributed by atoms with Crippen LogP contribution in [0.5, 0.6) is 5.75 Å². The predicted molar refractivity (Wildman–Crippen MR) is 136 cm³/mol. The maximum absolute atomic E-state index is 13.4. The molecule has 4 aromatic rings. The van der Waals surface area contributed by atoms with E-state index in [-0.39, 0.29) is 12.5 Å². The number of amides is 1. The summed E-state index contributed by atoms with van der Waals surface area (Å²) in [4.78, 5) is 13.4. The third-order valence-electron chi connectivity index (χ3n) is 5.32. The number of rotatable bonds is 8. The Bertz CT molecular complexity index is 1280. The molecule has 0 aliphatic rings. The molecule has 1 atom stereocenters. The van der Waals surface area contributed by atoms with Gasteiger partial charge >= 0.3 is 0 Å². The standard InChI is InChI=1S/C26H25ClN4O2S/c1-17-9-10-18(2)22(15-17)28-25(32)24(19-7-5-4-6-8-19)34-26-30-29-23(31(26)3)16-33-21-13-11-20(27)12-14-21/h4-15,24H,16H2,1-3H3,(H,28,32)/t24-/m0/s1. The summed E-state index contributed by atoms with van der Waals surface area (Å²) in [6.07, 6.45) is 0. The van der Waals surface area contributed by atoms with Gasteiger partial charge in [0.15, 0.2) is 11.0 Å². The van der Waals surface area contributed by atoms with Gasteiger partial charge in [0.25, 0.3) is 0 Å². The van der Waals surface area contributed by atoms with E-state index in [1.807, 2.05) is 74.0 Å². The zero-order valence-electron chi connectivity index (χ0n) is 19.2. The summed E-state index contributed by atoms with van der Waals surface area (Å²) in [5, 5.41) is 12.5. The summed E-state index contributed by atoms with van der Waals surface area (Å²) in [5.41, 5.74) is 3.79. The molecular weight excluding hydrogens is 468 g/mol. The number of carbonyl (C=O) groups excluding carboxylic acids is 1. The number of ether oxygens (including phenoxy) is 1. The lowest BCUT2D eigenvalue weighted by Gasteiger charge is -2.18. The van der Waals surface area contributed by atoms with Crippen LogP contribution in [0.1, 0.15) is 27.8 Å². The molecule has 1 N–H and O–H groups in total. The van der Waals surface area contributed by atoms with Crippen molar-refractivity contribution in [3.63, 3.8) is 0 Å². The molecule has 1 heterocycles. The van der Waals surface area contributed by atoms with Crippen molar-refractivity contribution in [3.8, 4) is 5.75 Å². The lowest BCUT2D eigenvalue weighted by molar-refractivity contribution is -0.115. The molecule has 0 aliphatic carbocycles. The molecule has 1 amide bonds. The Hall–Kier alpha value is -3.29. The number of hydrogen-bond donors (Lipinski definition) is 1. The first-order valence-corrected chi connectivity index (χ1v) is 12.0. The second kappa shape index (κ2) is 10.8. The van der Waals surface area contributed by atoms with Gasteiger partial charge in [-0.2, -0.15) is 0 Å². The minimum absolute atomic E-state index is 0.119. The topological polar surface area (TPSA) is 69.0 Å². The second-order valence-corrected chi connectivity index (χ2v) is 9.43. The van der Waals surface area contributed by atoms with Crippen LogP contribution >= 0.6 is 23.4 Å². The summed E-state index contributed by atoms with van der Waals surface area (Å²) in [6.45, 7) is 4.23. The smallest absolute Gasteiger partial charge is 0.242 e. The van der Waals surface area contributed by atoms with Crippen LogP contribution in [0, 0.1) is 13.8 Å². The fourth-order valence-electron chi connectivity index (χ4n) is 3.33. The Labute approximate surface area is 208 Å². The first kappa shape index (κ1) is 23.9. The van der Waals surface area contributed by atoms with Crippen LogP contribution in [0.15, 0.2) is 78.0 Å². The van der Waals surface area contributed by atoms with Crippen molar-refractivity contribution in [2.45, 2.75) is 30.9 Å². The van der Waals surface area contributed by atoms with E-state index in [4.69, 9.17) is 16.3 Å². The Kier molecular flexibility index (Phi) is 7.55. The quantitative estimate of drug-likeness (QED) is 0.299. The Morgan fingerprint density at radius 3 is 2.53 bits per heavy atom. The summed E-state index contributed by atoms with van der Waals surface area (Å²) in [7, 11) is 1.87. The van der Waals surface area contributed by atoms with Gasteiger partial charge in [0.05, 0.1) is 0 Å². The number of hydrogen-bond acceptors (Lipinski definition) is 5. The zero-order valence-corrected chi connectivity index (χ0v) is 20.7.